The van der Waals surface area contributed by atoms with Crippen LogP contribution < -0.4 is 9.47 Å². The predicted octanol–water partition coefficient (Wildman–Crippen LogP) is 2.27. The average molecular weight is 306 g/mol. The molecule has 0 aliphatic carbocycles. The molecule has 0 bridgehead atoms. The zero-order valence-corrected chi connectivity index (χ0v) is 9.98. The fourth-order valence-corrected chi connectivity index (χ4v) is 1.63. The number of aldehydes is 1. The van der Waals surface area contributed by atoms with Crippen LogP contribution in [0.4, 0.5) is 0 Å². The zero-order chi connectivity index (χ0) is 10.4. The van der Waals surface area contributed by atoms with Gasteiger partial charge in [-0.2, -0.15) is 0 Å². The molecule has 0 saturated heterocycles. The Morgan fingerprint density at radius 2 is 2.29 bits per heavy atom. The number of benzene rings is 1. The summed E-state index contributed by atoms with van der Waals surface area (Å²) in [7, 11) is 1.60. The molecule has 1 aromatic rings. The number of methoxy groups -OCH3 is 1. The van der Waals surface area contributed by atoms with Gasteiger partial charge in [0.15, 0.2) is 11.5 Å². The van der Waals surface area contributed by atoms with Gasteiger partial charge in [-0.25, -0.2) is 0 Å². The van der Waals surface area contributed by atoms with Crippen LogP contribution in [0.5, 0.6) is 11.5 Å². The van der Waals surface area contributed by atoms with E-state index in [1.807, 2.05) is 18.2 Å². The molecule has 0 amide bonds. The molecule has 3 nitrogen and oxygen atoms in total. The minimum Gasteiger partial charge on any atom is -0.493 e. The lowest BCUT2D eigenvalue weighted by Crippen LogP contribution is -2.01. The first-order chi connectivity index (χ1) is 6.79. The Hall–Kier alpha value is -0.780. The van der Waals surface area contributed by atoms with Crippen molar-refractivity contribution in [2.45, 2.75) is 6.42 Å². The Balaban J connectivity index is 2.76. The summed E-state index contributed by atoms with van der Waals surface area (Å²) in [6, 6.07) is 5.66. The summed E-state index contributed by atoms with van der Waals surface area (Å²) in [6.45, 7) is 0.389. The van der Waals surface area contributed by atoms with Gasteiger partial charge in [-0.05, 0) is 34.7 Å². The molecule has 4 heteroatoms. The third kappa shape index (κ3) is 2.87. The lowest BCUT2D eigenvalue weighted by Gasteiger charge is -2.10. The van der Waals surface area contributed by atoms with E-state index in [0.717, 1.165) is 9.86 Å². The quantitative estimate of drug-likeness (QED) is 0.475. The van der Waals surface area contributed by atoms with Crippen molar-refractivity contribution in [2.75, 3.05) is 13.7 Å². The van der Waals surface area contributed by atoms with Gasteiger partial charge in [0.05, 0.1) is 17.3 Å². The summed E-state index contributed by atoms with van der Waals surface area (Å²) < 4.78 is 11.6. The molecule has 0 N–H and O–H groups in total. The maximum Gasteiger partial charge on any atom is 0.174 e. The number of para-hydroxylation sites is 1. The van der Waals surface area contributed by atoms with Gasteiger partial charge in [-0.1, -0.05) is 6.07 Å². The number of carbonyl (C=O) groups is 1. The first kappa shape index (κ1) is 11.3. The first-order valence-electron chi connectivity index (χ1n) is 4.18. The van der Waals surface area contributed by atoms with Gasteiger partial charge in [0, 0.05) is 6.42 Å². The Morgan fingerprint density at radius 1 is 1.50 bits per heavy atom. The number of carbonyl (C=O) groups excluding carboxylic acids is 1. The topological polar surface area (TPSA) is 35.5 Å². The predicted molar refractivity (Wildman–Crippen MR) is 61.9 cm³/mol. The summed E-state index contributed by atoms with van der Waals surface area (Å²) >= 11 is 2.17. The Morgan fingerprint density at radius 3 is 2.93 bits per heavy atom. The Labute approximate surface area is 96.5 Å². The summed E-state index contributed by atoms with van der Waals surface area (Å²) in [5, 5.41) is 0. The Kier molecular flexibility index (Phi) is 4.72. The maximum atomic E-state index is 10.1. The molecule has 1 rings (SSSR count). The molecule has 0 saturated carbocycles. The summed E-state index contributed by atoms with van der Waals surface area (Å²) in [5.41, 5.74) is 0. The van der Waals surface area contributed by atoms with Crippen LogP contribution in [0.25, 0.3) is 0 Å². The van der Waals surface area contributed by atoms with E-state index >= 15 is 0 Å². The largest absolute Gasteiger partial charge is 0.493 e. The third-order valence-corrected chi connectivity index (χ3v) is 2.48. The van der Waals surface area contributed by atoms with Crippen LogP contribution in [-0.4, -0.2) is 20.0 Å². The van der Waals surface area contributed by atoms with Gasteiger partial charge < -0.3 is 14.3 Å². The highest BCUT2D eigenvalue weighted by molar-refractivity contribution is 14.1. The van der Waals surface area contributed by atoms with Crippen molar-refractivity contribution in [2.24, 2.45) is 0 Å². The van der Waals surface area contributed by atoms with Gasteiger partial charge in [-0.3, -0.25) is 0 Å². The molecule has 0 aromatic heterocycles. The van der Waals surface area contributed by atoms with Crippen LogP contribution in [0, 0.1) is 3.57 Å². The Bertz CT molecular complexity index is 312. The second-order valence-electron chi connectivity index (χ2n) is 2.58. The average Bonchev–Trinajstić information content (AvgIpc) is 2.20. The van der Waals surface area contributed by atoms with E-state index in [1.54, 1.807) is 7.11 Å². The van der Waals surface area contributed by atoms with Gasteiger partial charge >= 0.3 is 0 Å². The van der Waals surface area contributed by atoms with Gasteiger partial charge in [-0.15, -0.1) is 0 Å². The van der Waals surface area contributed by atoms with Gasteiger partial charge in [0.25, 0.3) is 0 Å². The highest BCUT2D eigenvalue weighted by Crippen LogP contribution is 2.31. The molecule has 1 aromatic carbocycles. The second kappa shape index (κ2) is 5.85. The van der Waals surface area contributed by atoms with E-state index in [0.29, 0.717) is 24.5 Å². The van der Waals surface area contributed by atoms with Gasteiger partial charge in [0.2, 0.25) is 0 Å². The molecule has 0 unspecified atom stereocenters. The maximum absolute atomic E-state index is 10.1. The second-order valence-corrected chi connectivity index (χ2v) is 3.74. The number of ether oxygens (including phenoxy) is 2. The standard InChI is InChI=1S/C10H11IO3/c1-13-9-5-2-4-8(11)10(9)14-7-3-6-12/h2,4-6H,3,7H2,1H3. The molecule has 14 heavy (non-hydrogen) atoms. The molecule has 0 radical (unpaired) electrons. The highest BCUT2D eigenvalue weighted by atomic mass is 127. The van der Waals surface area contributed by atoms with Crippen LogP contribution in [0.3, 0.4) is 0 Å². The van der Waals surface area contributed by atoms with E-state index in [2.05, 4.69) is 22.6 Å². The number of halogens is 1. The lowest BCUT2D eigenvalue weighted by atomic mass is 10.3. The number of hydrogen-bond donors (Lipinski definition) is 0. The van der Waals surface area contributed by atoms with Crippen molar-refractivity contribution in [3.63, 3.8) is 0 Å². The summed E-state index contributed by atoms with van der Waals surface area (Å²) in [4.78, 5) is 10.1. The van der Waals surface area contributed by atoms with Crippen molar-refractivity contribution in [1.82, 2.24) is 0 Å². The SMILES string of the molecule is COc1cccc(I)c1OCCC=O. The number of rotatable bonds is 5. The molecule has 0 aliphatic heterocycles. The normalized spacial score (nSPS) is 9.57. The monoisotopic (exact) mass is 306 g/mol. The van der Waals surface area contributed by atoms with E-state index in [9.17, 15) is 4.79 Å². The highest BCUT2D eigenvalue weighted by Gasteiger charge is 2.07. The minimum absolute atomic E-state index is 0.389. The van der Waals surface area contributed by atoms with E-state index in [1.165, 1.54) is 0 Å². The van der Waals surface area contributed by atoms with Crippen molar-refractivity contribution in [1.29, 1.82) is 0 Å². The van der Waals surface area contributed by atoms with Crippen molar-refractivity contribution < 1.29 is 14.3 Å². The van der Waals surface area contributed by atoms with Gasteiger partial charge in [0.1, 0.15) is 6.29 Å². The van der Waals surface area contributed by atoms with E-state index in [-0.39, 0.29) is 0 Å². The smallest absolute Gasteiger partial charge is 0.174 e. The first-order valence-corrected chi connectivity index (χ1v) is 5.26. The van der Waals surface area contributed by atoms with Crippen LogP contribution in [0.2, 0.25) is 0 Å². The summed E-state index contributed by atoms with van der Waals surface area (Å²) in [5.74, 6) is 1.40. The number of hydrogen-bond acceptors (Lipinski definition) is 3. The van der Waals surface area contributed by atoms with Crippen LogP contribution in [0.15, 0.2) is 18.2 Å². The van der Waals surface area contributed by atoms with Crippen LogP contribution in [0.1, 0.15) is 6.42 Å². The molecular formula is C10H11IO3. The molecule has 76 valence electrons. The molecule has 0 fully saturated rings. The summed E-state index contributed by atoms with van der Waals surface area (Å²) in [6.07, 6.45) is 1.23. The van der Waals surface area contributed by atoms with Crippen molar-refractivity contribution in [3.8, 4) is 11.5 Å². The minimum atomic E-state index is 0.389. The van der Waals surface area contributed by atoms with E-state index < -0.39 is 0 Å². The third-order valence-electron chi connectivity index (χ3n) is 1.63. The van der Waals surface area contributed by atoms with Crippen LogP contribution >= 0.6 is 22.6 Å². The molecular weight excluding hydrogens is 295 g/mol. The fraction of sp³-hybridized carbons (Fsp3) is 0.300. The lowest BCUT2D eigenvalue weighted by molar-refractivity contribution is -0.108. The van der Waals surface area contributed by atoms with E-state index in [4.69, 9.17) is 9.47 Å². The molecule has 0 atom stereocenters. The molecule has 0 spiro atoms. The molecule has 0 heterocycles. The zero-order valence-electron chi connectivity index (χ0n) is 7.83. The fourth-order valence-electron chi connectivity index (χ4n) is 0.999. The van der Waals surface area contributed by atoms with Crippen molar-refractivity contribution in [3.05, 3.63) is 21.8 Å². The van der Waals surface area contributed by atoms with Crippen molar-refractivity contribution >= 4 is 28.9 Å². The molecule has 0 aliphatic rings. The van der Waals surface area contributed by atoms with Crippen LogP contribution in [-0.2, 0) is 4.79 Å².